The van der Waals surface area contributed by atoms with Gasteiger partial charge in [0.15, 0.2) is 0 Å². The van der Waals surface area contributed by atoms with Crippen LogP contribution in [0, 0.1) is 23.5 Å². The highest BCUT2D eigenvalue weighted by atomic mass is 19.1. The fourth-order valence-electron chi connectivity index (χ4n) is 2.03. The fourth-order valence-corrected chi connectivity index (χ4v) is 2.03. The summed E-state index contributed by atoms with van der Waals surface area (Å²) in [6.07, 6.45) is 0.696. The number of carbonyl (C=O) groups is 1. The summed E-state index contributed by atoms with van der Waals surface area (Å²) in [5.74, 6) is -1.46. The standard InChI is InChI=1S/C11H8F2N2O/c12-5-1-2-6(9(13)3-5)10-7-4-8(7)11(16)15-14-10/h1-3,7-8H,4H2,(H,15,16)/t7-,8-/m0/s1. The van der Waals surface area contributed by atoms with Crippen LogP contribution in [0.5, 0.6) is 0 Å². The van der Waals surface area contributed by atoms with Gasteiger partial charge in [-0.15, -0.1) is 0 Å². The summed E-state index contributed by atoms with van der Waals surface area (Å²) in [5.41, 5.74) is 3.14. The maximum atomic E-state index is 13.5. The second kappa shape index (κ2) is 3.10. The van der Waals surface area contributed by atoms with Gasteiger partial charge in [0.2, 0.25) is 5.91 Å². The molecule has 5 heteroatoms. The van der Waals surface area contributed by atoms with Crippen molar-refractivity contribution in [2.75, 3.05) is 0 Å². The van der Waals surface area contributed by atoms with Crippen molar-refractivity contribution in [1.82, 2.24) is 5.43 Å². The molecule has 0 aromatic heterocycles. The molecule has 1 N–H and O–H groups in total. The zero-order valence-electron chi connectivity index (χ0n) is 8.21. The van der Waals surface area contributed by atoms with Gasteiger partial charge in [0, 0.05) is 23.5 Å². The number of carbonyl (C=O) groups excluding carboxylic acids is 1. The van der Waals surface area contributed by atoms with Crippen LogP contribution in [0.2, 0.25) is 0 Å². The number of hydrogen-bond donors (Lipinski definition) is 1. The van der Waals surface area contributed by atoms with Crippen LogP contribution in [0.3, 0.4) is 0 Å². The number of fused-ring (bicyclic) bond motifs is 1. The summed E-state index contributed by atoms with van der Waals surface area (Å²) in [5, 5.41) is 3.85. The first-order chi connectivity index (χ1) is 7.66. The Kier molecular flexibility index (Phi) is 1.83. The first-order valence-electron chi connectivity index (χ1n) is 4.99. The van der Waals surface area contributed by atoms with Gasteiger partial charge in [-0.2, -0.15) is 5.10 Å². The molecule has 3 nitrogen and oxygen atoms in total. The van der Waals surface area contributed by atoms with Crippen LogP contribution in [0.15, 0.2) is 23.3 Å². The molecule has 2 aliphatic rings. The topological polar surface area (TPSA) is 41.5 Å². The summed E-state index contributed by atoms with van der Waals surface area (Å²) in [6.45, 7) is 0. The molecule has 1 aliphatic heterocycles. The number of hydrogen-bond acceptors (Lipinski definition) is 2. The Morgan fingerprint density at radius 3 is 2.88 bits per heavy atom. The largest absolute Gasteiger partial charge is 0.273 e. The zero-order chi connectivity index (χ0) is 11.3. The maximum Gasteiger partial charge on any atom is 0.243 e. The fraction of sp³-hybridized carbons (Fsp3) is 0.273. The van der Waals surface area contributed by atoms with Crippen LogP contribution < -0.4 is 5.43 Å². The van der Waals surface area contributed by atoms with Gasteiger partial charge in [0.1, 0.15) is 11.6 Å². The Morgan fingerprint density at radius 1 is 1.31 bits per heavy atom. The van der Waals surface area contributed by atoms with Crippen LogP contribution in [-0.2, 0) is 4.79 Å². The lowest BCUT2D eigenvalue weighted by atomic mass is 10.0. The Labute approximate surface area is 90.2 Å². The van der Waals surface area contributed by atoms with Crippen molar-refractivity contribution in [3.05, 3.63) is 35.4 Å². The molecular weight excluding hydrogens is 214 g/mol. The lowest BCUT2D eigenvalue weighted by Gasteiger charge is -2.12. The monoisotopic (exact) mass is 222 g/mol. The first kappa shape index (κ1) is 9.45. The Morgan fingerprint density at radius 2 is 2.12 bits per heavy atom. The Hall–Kier alpha value is -1.78. The molecule has 2 atom stereocenters. The number of nitrogens with one attached hydrogen (secondary N) is 1. The van der Waals surface area contributed by atoms with Crippen molar-refractivity contribution in [1.29, 1.82) is 0 Å². The van der Waals surface area contributed by atoms with Crippen LogP contribution in [0.1, 0.15) is 12.0 Å². The molecular formula is C11H8F2N2O. The second-order valence-electron chi connectivity index (χ2n) is 4.05. The number of halogens is 2. The van der Waals surface area contributed by atoms with Gasteiger partial charge in [0.05, 0.1) is 5.71 Å². The molecule has 16 heavy (non-hydrogen) atoms. The third kappa shape index (κ3) is 1.31. The van der Waals surface area contributed by atoms with E-state index in [-0.39, 0.29) is 23.3 Å². The lowest BCUT2D eigenvalue weighted by Crippen LogP contribution is -2.29. The molecule has 1 saturated carbocycles. The van der Waals surface area contributed by atoms with E-state index < -0.39 is 11.6 Å². The van der Waals surface area contributed by atoms with Crippen LogP contribution in [0.25, 0.3) is 0 Å². The smallest absolute Gasteiger partial charge is 0.243 e. The molecule has 0 saturated heterocycles. The van der Waals surface area contributed by atoms with E-state index in [4.69, 9.17) is 0 Å². The third-order valence-corrected chi connectivity index (χ3v) is 2.97. The third-order valence-electron chi connectivity index (χ3n) is 2.97. The van der Waals surface area contributed by atoms with E-state index in [0.29, 0.717) is 12.1 Å². The lowest BCUT2D eigenvalue weighted by molar-refractivity contribution is -0.122. The summed E-state index contributed by atoms with van der Waals surface area (Å²) < 4.78 is 26.2. The average Bonchev–Trinajstić information content (AvgIpc) is 3.00. The quantitative estimate of drug-likeness (QED) is 0.767. The predicted molar refractivity (Wildman–Crippen MR) is 52.6 cm³/mol. The highest BCUT2D eigenvalue weighted by Gasteiger charge is 2.49. The molecule has 1 heterocycles. The number of nitrogens with zero attached hydrogens (tertiary/aromatic N) is 1. The van der Waals surface area contributed by atoms with Crippen LogP contribution in [0.4, 0.5) is 8.78 Å². The van der Waals surface area contributed by atoms with Crippen LogP contribution >= 0.6 is 0 Å². The van der Waals surface area contributed by atoms with Crippen molar-refractivity contribution in [2.24, 2.45) is 16.9 Å². The molecule has 0 unspecified atom stereocenters. The number of hydrazone groups is 1. The molecule has 0 bridgehead atoms. The van der Waals surface area contributed by atoms with Gasteiger partial charge in [-0.1, -0.05) is 0 Å². The number of rotatable bonds is 1. The maximum absolute atomic E-state index is 13.5. The van der Waals surface area contributed by atoms with E-state index >= 15 is 0 Å². The van der Waals surface area contributed by atoms with Gasteiger partial charge in [-0.3, -0.25) is 4.79 Å². The minimum absolute atomic E-state index is 0.00582. The van der Waals surface area contributed by atoms with E-state index in [0.717, 1.165) is 6.07 Å². The van der Waals surface area contributed by atoms with Crippen molar-refractivity contribution in [2.45, 2.75) is 6.42 Å². The van der Waals surface area contributed by atoms with Crippen molar-refractivity contribution >= 4 is 11.6 Å². The molecule has 0 spiro atoms. The summed E-state index contributed by atoms with van der Waals surface area (Å²) >= 11 is 0. The molecule has 3 rings (SSSR count). The summed E-state index contributed by atoms with van der Waals surface area (Å²) in [4.78, 5) is 11.2. The molecule has 0 radical (unpaired) electrons. The van der Waals surface area contributed by atoms with Gasteiger partial charge >= 0.3 is 0 Å². The molecule has 82 valence electrons. The van der Waals surface area contributed by atoms with Gasteiger partial charge in [0.25, 0.3) is 0 Å². The van der Waals surface area contributed by atoms with Gasteiger partial charge in [-0.25, -0.2) is 14.2 Å². The Bertz CT molecular complexity index is 513. The van der Waals surface area contributed by atoms with Gasteiger partial charge < -0.3 is 0 Å². The van der Waals surface area contributed by atoms with Crippen molar-refractivity contribution < 1.29 is 13.6 Å². The molecule has 1 aromatic rings. The van der Waals surface area contributed by atoms with Crippen LogP contribution in [-0.4, -0.2) is 11.6 Å². The predicted octanol–water partition coefficient (Wildman–Crippen LogP) is 1.43. The van der Waals surface area contributed by atoms with E-state index in [9.17, 15) is 13.6 Å². The van der Waals surface area contributed by atoms with Crippen molar-refractivity contribution in [3.8, 4) is 0 Å². The molecule has 1 aromatic carbocycles. The molecule has 1 fully saturated rings. The normalized spacial score (nSPS) is 26.9. The minimum Gasteiger partial charge on any atom is -0.273 e. The van der Waals surface area contributed by atoms with E-state index in [2.05, 4.69) is 10.5 Å². The molecule has 1 amide bonds. The average molecular weight is 222 g/mol. The molecule has 1 aliphatic carbocycles. The van der Waals surface area contributed by atoms with E-state index in [1.165, 1.54) is 12.1 Å². The highest BCUT2D eigenvalue weighted by molar-refractivity contribution is 6.09. The van der Waals surface area contributed by atoms with Crippen molar-refractivity contribution in [3.63, 3.8) is 0 Å². The summed E-state index contributed by atoms with van der Waals surface area (Å²) in [7, 11) is 0. The Balaban J connectivity index is 2.02. The van der Waals surface area contributed by atoms with E-state index in [1.807, 2.05) is 0 Å². The minimum atomic E-state index is -0.638. The first-order valence-corrected chi connectivity index (χ1v) is 4.99. The second-order valence-corrected chi connectivity index (χ2v) is 4.05. The van der Waals surface area contributed by atoms with E-state index in [1.54, 1.807) is 0 Å². The number of amides is 1. The van der Waals surface area contributed by atoms with Gasteiger partial charge in [-0.05, 0) is 18.6 Å². The SMILES string of the molecule is O=C1NN=C(c2ccc(F)cc2F)[C@H]2C[C@H]12. The number of benzene rings is 1. The summed E-state index contributed by atoms with van der Waals surface area (Å²) in [6, 6.07) is 3.37. The zero-order valence-corrected chi connectivity index (χ0v) is 8.21. The highest BCUT2D eigenvalue weighted by Crippen LogP contribution is 2.43.